The molecule has 1 N–H and O–H groups in total. The van der Waals surface area contributed by atoms with Crippen LogP contribution in [0, 0.1) is 0 Å². The summed E-state index contributed by atoms with van der Waals surface area (Å²) in [5.74, 6) is 0.292. The highest BCUT2D eigenvalue weighted by atomic mass is 32.1. The molecule has 0 bridgehead atoms. The Bertz CT molecular complexity index is 465. The molecular weight excluding hydrogens is 296 g/mol. The second-order valence-electron chi connectivity index (χ2n) is 5.96. The number of amides is 1. The number of hydrogen-bond donors (Lipinski definition) is 1. The molecule has 5 nitrogen and oxygen atoms in total. The molecule has 0 radical (unpaired) electrons. The predicted octanol–water partition coefficient (Wildman–Crippen LogP) is 0.858. The van der Waals surface area contributed by atoms with Crippen LogP contribution in [-0.2, 0) is 4.79 Å². The van der Waals surface area contributed by atoms with Gasteiger partial charge in [0.2, 0.25) is 5.91 Å². The molecule has 2 aliphatic rings. The van der Waals surface area contributed by atoms with Crippen LogP contribution in [0.15, 0.2) is 17.5 Å². The molecule has 0 aromatic carbocycles. The van der Waals surface area contributed by atoms with E-state index >= 15 is 0 Å². The molecule has 2 fully saturated rings. The van der Waals surface area contributed by atoms with Gasteiger partial charge >= 0.3 is 0 Å². The van der Waals surface area contributed by atoms with Crippen molar-refractivity contribution < 1.29 is 4.79 Å². The van der Waals surface area contributed by atoms with Crippen molar-refractivity contribution in [2.45, 2.75) is 13.0 Å². The van der Waals surface area contributed by atoms with Crippen LogP contribution in [0.3, 0.4) is 0 Å². The maximum atomic E-state index is 13.1. The van der Waals surface area contributed by atoms with Gasteiger partial charge in [0, 0.05) is 57.2 Å². The van der Waals surface area contributed by atoms with Gasteiger partial charge < -0.3 is 15.1 Å². The van der Waals surface area contributed by atoms with Gasteiger partial charge in [-0.05, 0) is 18.0 Å². The Morgan fingerprint density at radius 2 is 1.95 bits per heavy atom. The zero-order chi connectivity index (χ0) is 15.4. The van der Waals surface area contributed by atoms with Gasteiger partial charge in [-0.25, -0.2) is 0 Å². The first-order chi connectivity index (χ1) is 10.8. The normalized spacial score (nSPS) is 22.7. The summed E-state index contributed by atoms with van der Waals surface area (Å²) in [5.41, 5.74) is 0. The highest BCUT2D eigenvalue weighted by Crippen LogP contribution is 2.28. The Morgan fingerprint density at radius 3 is 2.55 bits per heavy atom. The minimum absolute atomic E-state index is 0.0877. The Balaban J connectivity index is 1.72. The van der Waals surface area contributed by atoms with E-state index in [1.165, 1.54) is 4.88 Å². The average molecular weight is 322 g/mol. The van der Waals surface area contributed by atoms with Gasteiger partial charge in [0.1, 0.15) is 6.04 Å². The Hall–Kier alpha value is -0.950. The number of nitrogens with one attached hydrogen (secondary N) is 1. The van der Waals surface area contributed by atoms with Crippen molar-refractivity contribution in [3.8, 4) is 0 Å². The zero-order valence-electron chi connectivity index (χ0n) is 13.3. The fourth-order valence-corrected chi connectivity index (χ4v) is 4.15. The SMILES string of the molecule is CCN1CCN(C(=O)C(c2cccs2)N2CCNCC2)CC1. The van der Waals surface area contributed by atoms with E-state index in [1.54, 1.807) is 11.3 Å². The van der Waals surface area contributed by atoms with Crippen LogP contribution in [0.25, 0.3) is 0 Å². The highest BCUT2D eigenvalue weighted by Gasteiger charge is 2.33. The van der Waals surface area contributed by atoms with E-state index in [4.69, 9.17) is 0 Å². The summed E-state index contributed by atoms with van der Waals surface area (Å²) in [6, 6.07) is 4.07. The van der Waals surface area contributed by atoms with Crippen molar-refractivity contribution >= 4 is 17.2 Å². The molecule has 2 aliphatic heterocycles. The summed E-state index contributed by atoms with van der Waals surface area (Å²) in [6.07, 6.45) is 0. The molecule has 0 spiro atoms. The van der Waals surface area contributed by atoms with Gasteiger partial charge in [0.15, 0.2) is 0 Å². The summed E-state index contributed by atoms with van der Waals surface area (Å²) < 4.78 is 0. The molecule has 0 aliphatic carbocycles. The fraction of sp³-hybridized carbons (Fsp3) is 0.688. The van der Waals surface area contributed by atoms with Crippen molar-refractivity contribution in [1.29, 1.82) is 0 Å². The third-order valence-electron chi connectivity index (χ3n) is 4.69. The number of carbonyl (C=O) groups excluding carboxylic acids is 1. The summed E-state index contributed by atoms with van der Waals surface area (Å²) in [6.45, 7) is 10.8. The maximum absolute atomic E-state index is 13.1. The number of carbonyl (C=O) groups is 1. The largest absolute Gasteiger partial charge is 0.338 e. The topological polar surface area (TPSA) is 38.8 Å². The van der Waals surface area contributed by atoms with E-state index in [-0.39, 0.29) is 6.04 Å². The van der Waals surface area contributed by atoms with E-state index in [1.807, 2.05) is 0 Å². The quantitative estimate of drug-likeness (QED) is 0.892. The lowest BCUT2D eigenvalue weighted by molar-refractivity contribution is -0.139. The summed E-state index contributed by atoms with van der Waals surface area (Å²) in [4.78, 5) is 21.2. The van der Waals surface area contributed by atoms with Crippen LogP contribution >= 0.6 is 11.3 Å². The number of thiophene rings is 1. The second kappa shape index (κ2) is 7.55. The van der Waals surface area contributed by atoms with E-state index in [0.29, 0.717) is 5.91 Å². The van der Waals surface area contributed by atoms with Gasteiger partial charge in [-0.1, -0.05) is 13.0 Å². The molecule has 22 heavy (non-hydrogen) atoms. The number of piperazine rings is 2. The van der Waals surface area contributed by atoms with Gasteiger partial charge in [-0.2, -0.15) is 0 Å². The first-order valence-corrected chi connectivity index (χ1v) is 9.17. The third-order valence-corrected chi connectivity index (χ3v) is 5.62. The first kappa shape index (κ1) is 15.9. The van der Waals surface area contributed by atoms with E-state index < -0.39 is 0 Å². The zero-order valence-corrected chi connectivity index (χ0v) is 14.1. The summed E-state index contributed by atoms with van der Waals surface area (Å²) in [5, 5.41) is 5.45. The van der Waals surface area contributed by atoms with E-state index in [9.17, 15) is 4.79 Å². The molecular formula is C16H26N4OS. The summed E-state index contributed by atoms with van der Waals surface area (Å²) in [7, 11) is 0. The predicted molar refractivity (Wildman–Crippen MR) is 90.2 cm³/mol. The van der Waals surface area contributed by atoms with Crippen molar-refractivity contribution in [2.75, 3.05) is 58.9 Å². The van der Waals surface area contributed by atoms with Crippen LogP contribution in [0.5, 0.6) is 0 Å². The molecule has 6 heteroatoms. The maximum Gasteiger partial charge on any atom is 0.245 e. The van der Waals surface area contributed by atoms with Crippen molar-refractivity contribution in [1.82, 2.24) is 20.0 Å². The number of hydrogen-bond acceptors (Lipinski definition) is 5. The molecule has 3 heterocycles. The number of rotatable bonds is 4. The van der Waals surface area contributed by atoms with Crippen LogP contribution in [-0.4, -0.2) is 79.5 Å². The lowest BCUT2D eigenvalue weighted by Gasteiger charge is -2.39. The second-order valence-corrected chi connectivity index (χ2v) is 6.94. The van der Waals surface area contributed by atoms with Crippen LogP contribution in [0.2, 0.25) is 0 Å². The smallest absolute Gasteiger partial charge is 0.245 e. The Kier molecular flexibility index (Phi) is 5.46. The van der Waals surface area contributed by atoms with Crippen LogP contribution < -0.4 is 5.32 Å². The molecule has 0 saturated carbocycles. The number of nitrogens with zero attached hydrogens (tertiary/aromatic N) is 3. The molecule has 122 valence electrons. The molecule has 2 saturated heterocycles. The Morgan fingerprint density at radius 1 is 1.23 bits per heavy atom. The van der Waals surface area contributed by atoms with Crippen molar-refractivity contribution in [3.63, 3.8) is 0 Å². The lowest BCUT2D eigenvalue weighted by atomic mass is 10.1. The van der Waals surface area contributed by atoms with Crippen LogP contribution in [0.1, 0.15) is 17.8 Å². The summed E-state index contributed by atoms with van der Waals surface area (Å²) >= 11 is 1.70. The molecule has 1 amide bonds. The third kappa shape index (κ3) is 3.51. The average Bonchev–Trinajstić information content (AvgIpc) is 3.10. The highest BCUT2D eigenvalue weighted by molar-refractivity contribution is 7.10. The van der Waals surface area contributed by atoms with Crippen molar-refractivity contribution in [3.05, 3.63) is 22.4 Å². The number of likely N-dealkylation sites (N-methyl/N-ethyl adjacent to an activating group) is 1. The van der Waals surface area contributed by atoms with Gasteiger partial charge in [-0.15, -0.1) is 11.3 Å². The molecule has 1 atom stereocenters. The van der Waals surface area contributed by atoms with E-state index in [2.05, 4.69) is 44.5 Å². The van der Waals surface area contributed by atoms with E-state index in [0.717, 1.165) is 58.9 Å². The molecule has 1 aromatic heterocycles. The van der Waals surface area contributed by atoms with Gasteiger partial charge in [0.05, 0.1) is 0 Å². The fourth-order valence-electron chi connectivity index (χ4n) is 3.30. The lowest BCUT2D eigenvalue weighted by Crippen LogP contribution is -2.54. The minimum atomic E-state index is -0.0877. The molecule has 1 aromatic rings. The van der Waals surface area contributed by atoms with Crippen molar-refractivity contribution in [2.24, 2.45) is 0 Å². The monoisotopic (exact) mass is 322 g/mol. The Labute approximate surface area is 136 Å². The minimum Gasteiger partial charge on any atom is -0.338 e. The molecule has 1 unspecified atom stereocenters. The first-order valence-electron chi connectivity index (χ1n) is 8.29. The molecule has 3 rings (SSSR count). The van der Waals surface area contributed by atoms with Gasteiger partial charge in [-0.3, -0.25) is 9.69 Å². The standard InChI is InChI=1S/C16H26N4OS/c1-2-18-9-11-20(12-10-18)16(21)15(14-4-3-13-22-14)19-7-5-17-6-8-19/h3-4,13,15,17H,2,5-12H2,1H3. The van der Waals surface area contributed by atoms with Gasteiger partial charge in [0.25, 0.3) is 0 Å². The van der Waals surface area contributed by atoms with Crippen LogP contribution in [0.4, 0.5) is 0 Å².